The van der Waals surface area contributed by atoms with Crippen molar-refractivity contribution in [3.8, 4) is 0 Å². The van der Waals surface area contributed by atoms with E-state index in [-0.39, 0.29) is 18.4 Å². The van der Waals surface area contributed by atoms with Crippen molar-refractivity contribution in [2.24, 2.45) is 0 Å². The van der Waals surface area contributed by atoms with Crippen LogP contribution in [0.25, 0.3) is 0 Å². The molecule has 0 aliphatic carbocycles. The maximum Gasteiger partial charge on any atom is 0.262 e. The summed E-state index contributed by atoms with van der Waals surface area (Å²) < 4.78 is 5.42. The molecule has 1 fully saturated rings. The summed E-state index contributed by atoms with van der Waals surface area (Å²) in [5.41, 5.74) is 1.85. The molecule has 1 aromatic heterocycles. The molecule has 1 saturated heterocycles. The SMILES string of the molecule is O=C1N[C@@H](CO)[C@H](c2ccc(Cl)c(Cl)c2)c2cc(N3CCOCC3)sc21. The zero-order valence-corrected chi connectivity index (χ0v) is 16.2. The number of morpholine rings is 1. The Kier molecular flexibility index (Phi) is 5.12. The van der Waals surface area contributed by atoms with Gasteiger partial charge in [0.15, 0.2) is 0 Å². The van der Waals surface area contributed by atoms with Crippen molar-refractivity contribution in [3.63, 3.8) is 0 Å². The molecule has 0 saturated carbocycles. The van der Waals surface area contributed by atoms with Crippen LogP contribution in [0.4, 0.5) is 5.00 Å². The fourth-order valence-electron chi connectivity index (χ4n) is 3.54. The molecule has 4 rings (SSSR count). The van der Waals surface area contributed by atoms with E-state index >= 15 is 0 Å². The quantitative estimate of drug-likeness (QED) is 0.812. The topological polar surface area (TPSA) is 61.8 Å². The highest BCUT2D eigenvalue weighted by atomic mass is 35.5. The van der Waals surface area contributed by atoms with Gasteiger partial charge in [0.05, 0.1) is 45.8 Å². The van der Waals surface area contributed by atoms with E-state index in [1.807, 2.05) is 12.1 Å². The number of ether oxygens (including phenoxy) is 1. The number of rotatable bonds is 3. The molecule has 2 aliphatic heterocycles. The van der Waals surface area contributed by atoms with Crippen LogP contribution in [0, 0.1) is 0 Å². The molecule has 1 amide bonds. The zero-order valence-electron chi connectivity index (χ0n) is 13.9. The number of hydrogen-bond donors (Lipinski definition) is 2. The molecule has 2 N–H and O–H groups in total. The number of amides is 1. The number of carbonyl (C=O) groups is 1. The van der Waals surface area contributed by atoms with E-state index in [2.05, 4.69) is 16.3 Å². The number of aliphatic hydroxyl groups excluding tert-OH is 1. The van der Waals surface area contributed by atoms with Crippen LogP contribution in [0.5, 0.6) is 0 Å². The normalized spacial score (nSPS) is 22.9. The first-order chi connectivity index (χ1) is 12.6. The Morgan fingerprint density at radius 3 is 2.69 bits per heavy atom. The van der Waals surface area contributed by atoms with E-state index in [4.69, 9.17) is 27.9 Å². The highest BCUT2D eigenvalue weighted by Gasteiger charge is 2.37. The molecule has 26 heavy (non-hydrogen) atoms. The molecule has 0 radical (unpaired) electrons. The highest BCUT2D eigenvalue weighted by Crippen LogP contribution is 2.42. The van der Waals surface area contributed by atoms with Crippen LogP contribution in [-0.2, 0) is 4.74 Å². The number of aliphatic hydroxyl groups is 1. The van der Waals surface area contributed by atoms with Crippen molar-refractivity contribution in [1.82, 2.24) is 5.32 Å². The zero-order chi connectivity index (χ0) is 18.3. The van der Waals surface area contributed by atoms with Crippen molar-refractivity contribution in [3.05, 3.63) is 50.3 Å². The van der Waals surface area contributed by atoms with Gasteiger partial charge in [-0.1, -0.05) is 29.3 Å². The van der Waals surface area contributed by atoms with Crippen LogP contribution < -0.4 is 10.2 Å². The van der Waals surface area contributed by atoms with E-state index in [0.29, 0.717) is 28.1 Å². The first-order valence-electron chi connectivity index (χ1n) is 8.41. The Morgan fingerprint density at radius 1 is 1.23 bits per heavy atom. The van der Waals surface area contributed by atoms with Gasteiger partial charge in [0.2, 0.25) is 0 Å². The van der Waals surface area contributed by atoms with Gasteiger partial charge >= 0.3 is 0 Å². The summed E-state index contributed by atoms with van der Waals surface area (Å²) in [5.74, 6) is -0.312. The molecule has 0 unspecified atom stereocenters. The fraction of sp³-hybridized carbons (Fsp3) is 0.389. The molecule has 138 valence electrons. The van der Waals surface area contributed by atoms with Crippen LogP contribution in [-0.4, -0.2) is 50.0 Å². The molecule has 3 heterocycles. The van der Waals surface area contributed by atoms with Gasteiger partial charge in [-0.25, -0.2) is 0 Å². The minimum atomic E-state index is -0.403. The van der Waals surface area contributed by atoms with Crippen LogP contribution in [0.1, 0.15) is 26.7 Å². The van der Waals surface area contributed by atoms with Crippen LogP contribution >= 0.6 is 34.5 Å². The highest BCUT2D eigenvalue weighted by molar-refractivity contribution is 7.18. The standard InChI is InChI=1S/C18H18Cl2N2O3S/c19-12-2-1-10(7-13(12)20)16-11-8-15(22-3-5-25-6-4-22)26-17(11)18(24)21-14(16)9-23/h1-2,7-8,14,16,23H,3-6,9H2,(H,21,24)/t14-,16+/m0/s1. The van der Waals surface area contributed by atoms with E-state index in [1.54, 1.807) is 6.07 Å². The van der Waals surface area contributed by atoms with E-state index in [1.165, 1.54) is 11.3 Å². The molecule has 2 aromatic rings. The molecule has 5 nitrogen and oxygen atoms in total. The van der Waals surface area contributed by atoms with Crippen molar-refractivity contribution in [2.45, 2.75) is 12.0 Å². The molecule has 2 aliphatic rings. The summed E-state index contributed by atoms with van der Waals surface area (Å²) in [6.45, 7) is 2.83. The summed E-state index contributed by atoms with van der Waals surface area (Å²) in [4.78, 5) is 15.5. The number of benzene rings is 1. The number of nitrogens with one attached hydrogen (secondary N) is 1. The van der Waals surface area contributed by atoms with Crippen molar-refractivity contribution in [1.29, 1.82) is 0 Å². The number of carbonyl (C=O) groups excluding carboxylic acids is 1. The van der Waals surface area contributed by atoms with Crippen molar-refractivity contribution < 1.29 is 14.6 Å². The lowest BCUT2D eigenvalue weighted by molar-refractivity contribution is 0.0897. The summed E-state index contributed by atoms with van der Waals surface area (Å²) in [5, 5.41) is 14.8. The van der Waals surface area contributed by atoms with Crippen LogP contribution in [0.3, 0.4) is 0 Å². The largest absolute Gasteiger partial charge is 0.394 e. The number of fused-ring (bicyclic) bond motifs is 1. The van der Waals surface area contributed by atoms with Gasteiger partial charge in [-0.3, -0.25) is 4.79 Å². The predicted octanol–water partition coefficient (Wildman–Crippen LogP) is 3.13. The first kappa shape index (κ1) is 18.1. The van der Waals surface area contributed by atoms with E-state index in [9.17, 15) is 9.90 Å². The van der Waals surface area contributed by atoms with Gasteiger partial charge in [0, 0.05) is 19.0 Å². The van der Waals surface area contributed by atoms with Gasteiger partial charge in [-0.05, 0) is 29.3 Å². The van der Waals surface area contributed by atoms with E-state index < -0.39 is 6.04 Å². The molecule has 1 aromatic carbocycles. The second kappa shape index (κ2) is 7.37. The third-order valence-corrected chi connectivity index (χ3v) is 6.78. The lowest BCUT2D eigenvalue weighted by atomic mass is 9.83. The third kappa shape index (κ3) is 3.21. The Morgan fingerprint density at radius 2 is 2.00 bits per heavy atom. The van der Waals surface area contributed by atoms with Gasteiger partial charge < -0.3 is 20.1 Å². The van der Waals surface area contributed by atoms with Gasteiger partial charge in [-0.15, -0.1) is 11.3 Å². The van der Waals surface area contributed by atoms with Gasteiger partial charge in [0.25, 0.3) is 5.91 Å². The molecule has 8 heteroatoms. The average molecular weight is 413 g/mol. The lowest BCUT2D eigenvalue weighted by Gasteiger charge is -2.31. The number of nitrogens with zero attached hydrogens (tertiary/aromatic N) is 1. The monoisotopic (exact) mass is 412 g/mol. The maximum absolute atomic E-state index is 12.5. The minimum Gasteiger partial charge on any atom is -0.394 e. The second-order valence-electron chi connectivity index (χ2n) is 6.38. The molecular formula is C18H18Cl2N2O3S. The Bertz CT molecular complexity index is 836. The number of anilines is 1. The summed E-state index contributed by atoms with van der Waals surface area (Å²) >= 11 is 13.7. The maximum atomic E-state index is 12.5. The summed E-state index contributed by atoms with van der Waals surface area (Å²) in [6, 6.07) is 7.12. The number of thiophene rings is 1. The summed E-state index contributed by atoms with van der Waals surface area (Å²) in [7, 11) is 0. The Hall–Kier alpha value is -1.31. The molecular weight excluding hydrogens is 395 g/mol. The summed E-state index contributed by atoms with van der Waals surface area (Å²) in [6.07, 6.45) is 0. The minimum absolute atomic E-state index is 0.139. The van der Waals surface area contributed by atoms with E-state index in [0.717, 1.165) is 29.2 Å². The Labute approximate surface area is 165 Å². The lowest BCUT2D eigenvalue weighted by Crippen LogP contribution is -2.46. The van der Waals surface area contributed by atoms with Crippen molar-refractivity contribution >= 4 is 45.4 Å². The fourth-order valence-corrected chi connectivity index (χ4v) is 5.01. The Balaban J connectivity index is 1.78. The van der Waals surface area contributed by atoms with Crippen molar-refractivity contribution in [2.75, 3.05) is 37.8 Å². The average Bonchev–Trinajstić information content (AvgIpc) is 3.10. The third-order valence-electron chi connectivity index (χ3n) is 4.83. The molecule has 0 spiro atoms. The number of hydrogen-bond acceptors (Lipinski definition) is 5. The first-order valence-corrected chi connectivity index (χ1v) is 9.99. The van der Waals surface area contributed by atoms with Crippen LogP contribution in [0.2, 0.25) is 10.0 Å². The molecule has 2 atom stereocenters. The van der Waals surface area contributed by atoms with Gasteiger partial charge in [-0.2, -0.15) is 0 Å². The predicted molar refractivity (Wildman–Crippen MR) is 104 cm³/mol. The number of halogens is 2. The van der Waals surface area contributed by atoms with Gasteiger partial charge in [0.1, 0.15) is 0 Å². The smallest absolute Gasteiger partial charge is 0.262 e. The molecule has 0 bridgehead atoms. The second-order valence-corrected chi connectivity index (χ2v) is 8.23. The van der Waals surface area contributed by atoms with Crippen LogP contribution in [0.15, 0.2) is 24.3 Å².